The molecule has 2 aromatic rings. The second-order valence-electron chi connectivity index (χ2n) is 2.97. The number of hydrogen-bond donors (Lipinski definition) is 1. The molecule has 2 N–H and O–H groups in total. The topological polar surface area (TPSA) is 86.2 Å². The van der Waals surface area contributed by atoms with E-state index in [0.29, 0.717) is 11.0 Å². The summed E-state index contributed by atoms with van der Waals surface area (Å²) in [6, 6.07) is 6.36. The molecular weight excluding hydrogens is 223 g/mol. The van der Waals surface area contributed by atoms with Crippen LogP contribution in [0.5, 0.6) is 0 Å². The largest absolute Gasteiger partial charge is 0.356 e. The Kier molecular flexibility index (Phi) is 2.20. The highest BCUT2D eigenvalue weighted by molar-refractivity contribution is 7.89. The first kappa shape index (κ1) is 10.1. The Balaban J connectivity index is 2.63. The molecule has 7 heteroatoms. The molecule has 0 aliphatic heterocycles. The number of para-hydroxylation sites is 1. The molecule has 0 saturated carbocycles. The number of nitrogens with zero attached hydrogens (tertiary/aromatic N) is 1. The minimum absolute atomic E-state index is 0.305. The number of halogens is 1. The van der Waals surface area contributed by atoms with Crippen LogP contribution >= 0.6 is 0 Å². The predicted octanol–water partition coefficient (Wildman–Crippen LogP) is 1.08. The van der Waals surface area contributed by atoms with Crippen LogP contribution in [-0.4, -0.2) is 13.6 Å². The molecule has 0 aliphatic carbocycles. The van der Waals surface area contributed by atoms with E-state index in [1.54, 1.807) is 18.2 Å². The molecule has 1 heterocycles. The van der Waals surface area contributed by atoms with Crippen molar-refractivity contribution in [3.8, 4) is 0 Å². The lowest BCUT2D eigenvalue weighted by Gasteiger charge is -2.00. The maximum atomic E-state index is 13.4. The first-order chi connectivity index (χ1) is 7.00. The van der Waals surface area contributed by atoms with Gasteiger partial charge in [0.2, 0.25) is 10.0 Å². The van der Waals surface area contributed by atoms with Gasteiger partial charge in [0.15, 0.2) is 5.58 Å². The van der Waals surface area contributed by atoms with Crippen molar-refractivity contribution in [2.45, 2.75) is 5.50 Å². The van der Waals surface area contributed by atoms with Crippen molar-refractivity contribution in [2.24, 2.45) is 5.14 Å². The standard InChI is InChI=1S/C8H7FN2O3S/c9-8(15(10,12)13)7-5-3-1-2-4-6(5)14-11-7/h1-4,8H,(H2,10,12,13). The maximum absolute atomic E-state index is 13.4. The van der Waals surface area contributed by atoms with Crippen molar-refractivity contribution in [3.05, 3.63) is 30.0 Å². The zero-order valence-corrected chi connectivity index (χ0v) is 8.24. The third kappa shape index (κ3) is 1.71. The monoisotopic (exact) mass is 230 g/mol. The zero-order chi connectivity index (χ0) is 11.1. The Morgan fingerprint density at radius 2 is 2.07 bits per heavy atom. The van der Waals surface area contributed by atoms with Crippen molar-refractivity contribution >= 4 is 21.0 Å². The molecule has 80 valence electrons. The van der Waals surface area contributed by atoms with E-state index < -0.39 is 15.5 Å². The van der Waals surface area contributed by atoms with Crippen LogP contribution in [0, 0.1) is 0 Å². The first-order valence-corrected chi connectivity index (χ1v) is 5.61. The van der Waals surface area contributed by atoms with Gasteiger partial charge in [0.25, 0.3) is 5.50 Å². The lowest BCUT2D eigenvalue weighted by atomic mass is 10.2. The molecule has 0 fully saturated rings. The Hall–Kier alpha value is -1.47. The van der Waals surface area contributed by atoms with Crippen molar-refractivity contribution in [2.75, 3.05) is 0 Å². The third-order valence-corrected chi connectivity index (χ3v) is 2.71. The summed E-state index contributed by atoms with van der Waals surface area (Å²) in [4.78, 5) is 0. The van der Waals surface area contributed by atoms with Crippen molar-refractivity contribution in [3.63, 3.8) is 0 Å². The number of nitrogens with two attached hydrogens (primary N) is 1. The van der Waals surface area contributed by atoms with Crippen LogP contribution in [0.15, 0.2) is 28.8 Å². The lowest BCUT2D eigenvalue weighted by molar-refractivity contribution is 0.386. The summed E-state index contributed by atoms with van der Waals surface area (Å²) in [5.74, 6) is 0. The summed E-state index contributed by atoms with van der Waals surface area (Å²) in [5.41, 5.74) is -2.35. The van der Waals surface area contributed by atoms with E-state index in [0.717, 1.165) is 0 Å². The van der Waals surface area contributed by atoms with E-state index in [-0.39, 0.29) is 5.69 Å². The highest BCUT2D eigenvalue weighted by Crippen LogP contribution is 2.28. The Morgan fingerprint density at radius 3 is 2.73 bits per heavy atom. The number of fused-ring (bicyclic) bond motifs is 1. The zero-order valence-electron chi connectivity index (χ0n) is 7.42. The normalized spacial score (nSPS) is 14.3. The molecule has 0 amide bonds. The summed E-state index contributed by atoms with van der Waals surface area (Å²) in [6.45, 7) is 0. The van der Waals surface area contributed by atoms with Gasteiger partial charge in [-0.1, -0.05) is 17.3 Å². The summed E-state index contributed by atoms with van der Waals surface area (Å²) in [7, 11) is -4.31. The number of benzene rings is 1. The maximum Gasteiger partial charge on any atom is 0.260 e. The van der Waals surface area contributed by atoms with E-state index >= 15 is 0 Å². The van der Waals surface area contributed by atoms with E-state index in [9.17, 15) is 12.8 Å². The smallest absolute Gasteiger partial charge is 0.260 e. The summed E-state index contributed by atoms with van der Waals surface area (Å²) >= 11 is 0. The molecule has 0 radical (unpaired) electrons. The van der Waals surface area contributed by atoms with Gasteiger partial charge in [-0.3, -0.25) is 0 Å². The number of rotatable bonds is 2. The summed E-state index contributed by atoms with van der Waals surface area (Å²) < 4.78 is 39.7. The molecule has 5 nitrogen and oxygen atoms in total. The number of hydrogen-bond acceptors (Lipinski definition) is 4. The van der Waals surface area contributed by atoms with Crippen LogP contribution in [0.2, 0.25) is 0 Å². The van der Waals surface area contributed by atoms with E-state index in [1.165, 1.54) is 6.07 Å². The van der Waals surface area contributed by atoms with Crippen molar-refractivity contribution in [1.82, 2.24) is 5.16 Å². The minimum atomic E-state index is -4.31. The summed E-state index contributed by atoms with van der Waals surface area (Å²) in [5, 5.41) is 8.33. The van der Waals surface area contributed by atoms with Crippen molar-refractivity contribution < 1.29 is 17.3 Å². The average Bonchev–Trinajstić information content (AvgIpc) is 2.58. The average molecular weight is 230 g/mol. The Labute approximate surface area is 84.7 Å². The van der Waals surface area contributed by atoms with Gasteiger partial charge in [-0.05, 0) is 12.1 Å². The van der Waals surface area contributed by atoms with Crippen LogP contribution in [0.3, 0.4) is 0 Å². The fourth-order valence-corrected chi connectivity index (χ4v) is 1.71. The fourth-order valence-electron chi connectivity index (χ4n) is 1.22. The van der Waals surface area contributed by atoms with Gasteiger partial charge in [-0.15, -0.1) is 0 Å². The molecular formula is C8H7FN2O3S. The Bertz CT molecular complexity index is 593. The molecule has 1 aromatic carbocycles. The molecule has 15 heavy (non-hydrogen) atoms. The van der Waals surface area contributed by atoms with Gasteiger partial charge in [-0.2, -0.15) is 0 Å². The highest BCUT2D eigenvalue weighted by atomic mass is 32.2. The molecule has 0 bridgehead atoms. The molecule has 0 aliphatic rings. The van der Waals surface area contributed by atoms with Gasteiger partial charge in [0, 0.05) is 5.39 Å². The van der Waals surface area contributed by atoms with Gasteiger partial charge < -0.3 is 4.52 Å². The van der Waals surface area contributed by atoms with Crippen LogP contribution in [0.25, 0.3) is 11.0 Å². The molecule has 2 rings (SSSR count). The highest BCUT2D eigenvalue weighted by Gasteiger charge is 2.28. The quantitative estimate of drug-likeness (QED) is 0.836. The molecule has 1 atom stereocenters. The van der Waals surface area contributed by atoms with Crippen molar-refractivity contribution in [1.29, 1.82) is 0 Å². The molecule has 0 saturated heterocycles. The SMILES string of the molecule is NS(=O)(=O)C(F)c1noc2ccccc12. The second-order valence-corrected chi connectivity index (χ2v) is 4.56. The predicted molar refractivity (Wildman–Crippen MR) is 51.0 cm³/mol. The van der Waals surface area contributed by atoms with E-state index in [2.05, 4.69) is 10.3 Å². The van der Waals surface area contributed by atoms with Gasteiger partial charge in [0.05, 0.1) is 0 Å². The van der Waals surface area contributed by atoms with Crippen LogP contribution in [-0.2, 0) is 10.0 Å². The molecule has 1 unspecified atom stereocenters. The second kappa shape index (κ2) is 3.28. The van der Waals surface area contributed by atoms with Crippen LogP contribution in [0.4, 0.5) is 4.39 Å². The third-order valence-electron chi connectivity index (χ3n) is 1.91. The van der Waals surface area contributed by atoms with Gasteiger partial charge in [0.1, 0.15) is 5.69 Å². The van der Waals surface area contributed by atoms with Gasteiger partial charge >= 0.3 is 0 Å². The molecule has 1 aromatic heterocycles. The minimum Gasteiger partial charge on any atom is -0.356 e. The van der Waals surface area contributed by atoms with Crippen LogP contribution in [0.1, 0.15) is 11.2 Å². The van der Waals surface area contributed by atoms with E-state index in [4.69, 9.17) is 4.52 Å². The van der Waals surface area contributed by atoms with Gasteiger partial charge in [-0.25, -0.2) is 17.9 Å². The number of alkyl halides is 1. The fraction of sp³-hybridized carbons (Fsp3) is 0.125. The Morgan fingerprint density at radius 1 is 1.40 bits per heavy atom. The number of primary sulfonamides is 1. The number of aromatic nitrogens is 1. The summed E-state index contributed by atoms with van der Waals surface area (Å²) in [6.07, 6.45) is 0. The first-order valence-electron chi connectivity index (χ1n) is 4.00. The van der Waals surface area contributed by atoms with Crippen LogP contribution < -0.4 is 5.14 Å². The molecule has 0 spiro atoms. The van der Waals surface area contributed by atoms with E-state index in [1.807, 2.05) is 0 Å². The lowest BCUT2D eigenvalue weighted by Crippen LogP contribution is -2.18. The number of sulfonamides is 1.